The van der Waals surface area contributed by atoms with Crippen molar-refractivity contribution in [3.8, 4) is 0 Å². The lowest BCUT2D eigenvalue weighted by Crippen LogP contribution is -2.22. The minimum Gasteiger partial charge on any atom is -0.466 e. The molecule has 2 rings (SSSR count). The average molecular weight is 352 g/mol. The Morgan fingerprint density at radius 2 is 1.71 bits per heavy atom. The van der Waals surface area contributed by atoms with E-state index in [1.807, 2.05) is 30.3 Å². The fourth-order valence-corrected chi connectivity index (χ4v) is 3.80. The summed E-state index contributed by atoms with van der Waals surface area (Å²) in [7, 11) is -1.82. The van der Waals surface area contributed by atoms with Crippen molar-refractivity contribution in [1.82, 2.24) is 0 Å². The van der Waals surface area contributed by atoms with Crippen LogP contribution in [0, 0.1) is 0 Å². The topological polar surface area (TPSA) is 86.7 Å². The van der Waals surface area contributed by atoms with E-state index in [1.165, 1.54) is 7.11 Å². The van der Waals surface area contributed by atoms with Gasteiger partial charge in [0, 0.05) is 5.57 Å². The van der Waals surface area contributed by atoms with Crippen molar-refractivity contribution in [2.75, 3.05) is 18.6 Å². The molecule has 0 aliphatic carbocycles. The number of carbonyl (C=O) groups excluding carboxylic acids is 2. The first-order chi connectivity index (χ1) is 11.4. The van der Waals surface area contributed by atoms with E-state index in [9.17, 15) is 18.0 Å². The number of benzene rings is 1. The third kappa shape index (κ3) is 5.19. The van der Waals surface area contributed by atoms with Crippen LogP contribution in [0.2, 0.25) is 0 Å². The molecule has 6 nitrogen and oxygen atoms in total. The Hall–Kier alpha value is -2.15. The van der Waals surface area contributed by atoms with Gasteiger partial charge in [-0.1, -0.05) is 35.9 Å². The Bertz CT molecular complexity index is 718. The molecule has 1 aromatic rings. The maximum absolute atomic E-state index is 12.0. The van der Waals surface area contributed by atoms with Gasteiger partial charge >= 0.3 is 11.9 Å². The second-order valence-electron chi connectivity index (χ2n) is 5.55. The molecule has 0 atom stereocenters. The molecule has 0 saturated carbocycles. The predicted octanol–water partition coefficient (Wildman–Crippen LogP) is 1.80. The lowest BCUT2D eigenvalue weighted by atomic mass is 10.00. The number of ether oxygens (including phenoxy) is 2. The van der Waals surface area contributed by atoms with E-state index in [0.717, 1.165) is 5.56 Å². The summed E-state index contributed by atoms with van der Waals surface area (Å²) in [5, 5.41) is 0. The maximum Gasteiger partial charge on any atom is 0.334 e. The molecule has 130 valence electrons. The van der Waals surface area contributed by atoms with E-state index in [2.05, 4.69) is 0 Å². The molecule has 1 heterocycles. The normalized spacial score (nSPS) is 16.3. The van der Waals surface area contributed by atoms with Gasteiger partial charge < -0.3 is 9.47 Å². The SMILES string of the molecule is COC(=O)C(CC(=O)OCc1ccccc1)=C1CCS(=O)(=O)CC1. The van der Waals surface area contributed by atoms with Gasteiger partial charge in [-0.25, -0.2) is 13.2 Å². The van der Waals surface area contributed by atoms with Crippen molar-refractivity contribution >= 4 is 21.8 Å². The van der Waals surface area contributed by atoms with Crippen LogP contribution in [0.1, 0.15) is 24.8 Å². The number of esters is 2. The molecule has 0 radical (unpaired) electrons. The van der Waals surface area contributed by atoms with Crippen LogP contribution >= 0.6 is 0 Å². The first-order valence-corrected chi connectivity index (χ1v) is 9.42. The minimum atomic E-state index is -3.06. The van der Waals surface area contributed by atoms with Gasteiger partial charge in [0.1, 0.15) is 6.61 Å². The molecule has 24 heavy (non-hydrogen) atoms. The van der Waals surface area contributed by atoms with Crippen molar-refractivity contribution in [3.63, 3.8) is 0 Å². The Morgan fingerprint density at radius 3 is 2.29 bits per heavy atom. The molecule has 0 N–H and O–H groups in total. The van der Waals surface area contributed by atoms with Crippen molar-refractivity contribution in [2.24, 2.45) is 0 Å². The van der Waals surface area contributed by atoms with E-state index in [4.69, 9.17) is 9.47 Å². The molecule has 1 aliphatic rings. The standard InChI is InChI=1S/C17H20O6S/c1-22-17(19)15(14-7-9-24(20,21)10-8-14)11-16(18)23-12-13-5-3-2-4-6-13/h2-6H,7-12H2,1H3. The van der Waals surface area contributed by atoms with E-state index in [1.54, 1.807) is 0 Å². The highest BCUT2D eigenvalue weighted by atomic mass is 32.2. The van der Waals surface area contributed by atoms with Gasteiger partial charge in [0.05, 0.1) is 25.0 Å². The van der Waals surface area contributed by atoms with Crippen LogP contribution in [0.4, 0.5) is 0 Å². The van der Waals surface area contributed by atoms with E-state index in [0.29, 0.717) is 5.57 Å². The summed E-state index contributed by atoms with van der Waals surface area (Å²) in [6, 6.07) is 9.21. The van der Waals surface area contributed by atoms with Crippen LogP contribution in [-0.4, -0.2) is 39.0 Å². The van der Waals surface area contributed by atoms with E-state index in [-0.39, 0.29) is 42.9 Å². The maximum atomic E-state index is 12.0. The van der Waals surface area contributed by atoms with Crippen LogP contribution in [-0.2, 0) is 35.5 Å². The molecule has 0 amide bonds. The molecule has 0 aromatic heterocycles. The summed E-state index contributed by atoms with van der Waals surface area (Å²) in [5.41, 5.74) is 1.72. The average Bonchev–Trinajstić information content (AvgIpc) is 2.58. The molecular weight excluding hydrogens is 332 g/mol. The zero-order valence-electron chi connectivity index (χ0n) is 13.5. The van der Waals surface area contributed by atoms with Crippen LogP contribution < -0.4 is 0 Å². The third-order valence-corrected chi connectivity index (χ3v) is 5.50. The van der Waals surface area contributed by atoms with Crippen molar-refractivity contribution in [3.05, 3.63) is 47.0 Å². The van der Waals surface area contributed by atoms with Gasteiger partial charge in [0.2, 0.25) is 0 Å². The number of hydrogen-bond acceptors (Lipinski definition) is 6. The fraction of sp³-hybridized carbons (Fsp3) is 0.412. The van der Waals surface area contributed by atoms with Gasteiger partial charge in [-0.15, -0.1) is 0 Å². The molecule has 0 bridgehead atoms. The van der Waals surface area contributed by atoms with Gasteiger partial charge in [-0.3, -0.25) is 4.79 Å². The van der Waals surface area contributed by atoms with Crippen LogP contribution in [0.3, 0.4) is 0 Å². The van der Waals surface area contributed by atoms with Crippen molar-refractivity contribution in [1.29, 1.82) is 0 Å². The Balaban J connectivity index is 2.03. The van der Waals surface area contributed by atoms with Gasteiger partial charge in [-0.2, -0.15) is 0 Å². The highest BCUT2D eigenvalue weighted by molar-refractivity contribution is 7.91. The van der Waals surface area contributed by atoms with E-state index >= 15 is 0 Å². The number of sulfone groups is 1. The molecule has 0 spiro atoms. The highest BCUT2D eigenvalue weighted by Gasteiger charge is 2.26. The summed E-state index contributed by atoms with van der Waals surface area (Å²) in [6.45, 7) is 0.123. The van der Waals surface area contributed by atoms with E-state index < -0.39 is 21.8 Å². The Morgan fingerprint density at radius 1 is 1.08 bits per heavy atom. The fourth-order valence-electron chi connectivity index (χ4n) is 2.48. The second-order valence-corrected chi connectivity index (χ2v) is 7.85. The lowest BCUT2D eigenvalue weighted by Gasteiger charge is -2.18. The number of hydrogen-bond donors (Lipinski definition) is 0. The quantitative estimate of drug-likeness (QED) is 0.593. The van der Waals surface area contributed by atoms with Crippen LogP contribution in [0.5, 0.6) is 0 Å². The van der Waals surface area contributed by atoms with Crippen molar-refractivity contribution in [2.45, 2.75) is 25.9 Å². The summed E-state index contributed by atoms with van der Waals surface area (Å²) < 4.78 is 32.9. The molecule has 1 fully saturated rings. The Labute approximate surface area is 141 Å². The molecule has 0 unspecified atom stereocenters. The summed E-state index contributed by atoms with van der Waals surface area (Å²) >= 11 is 0. The summed E-state index contributed by atoms with van der Waals surface area (Å²) in [6.07, 6.45) is 0.284. The van der Waals surface area contributed by atoms with Crippen molar-refractivity contribution < 1.29 is 27.5 Å². The zero-order valence-corrected chi connectivity index (χ0v) is 14.3. The first-order valence-electron chi connectivity index (χ1n) is 7.60. The highest BCUT2D eigenvalue weighted by Crippen LogP contribution is 2.24. The molecule has 1 saturated heterocycles. The smallest absolute Gasteiger partial charge is 0.334 e. The molecule has 1 aromatic carbocycles. The van der Waals surface area contributed by atoms with Crippen LogP contribution in [0.25, 0.3) is 0 Å². The first kappa shape index (κ1) is 18.2. The summed E-state index contributed by atoms with van der Waals surface area (Å²) in [4.78, 5) is 24.0. The third-order valence-electron chi connectivity index (χ3n) is 3.85. The van der Waals surface area contributed by atoms with Gasteiger partial charge in [-0.05, 0) is 18.4 Å². The van der Waals surface area contributed by atoms with Gasteiger partial charge in [0.25, 0.3) is 0 Å². The summed E-state index contributed by atoms with van der Waals surface area (Å²) in [5.74, 6) is -1.18. The van der Waals surface area contributed by atoms with Crippen LogP contribution in [0.15, 0.2) is 41.5 Å². The minimum absolute atomic E-state index is 0.0120. The second kappa shape index (κ2) is 8.10. The monoisotopic (exact) mass is 352 g/mol. The Kier molecular flexibility index (Phi) is 6.14. The number of rotatable bonds is 5. The molecule has 7 heteroatoms. The number of methoxy groups -OCH3 is 1. The predicted molar refractivity (Wildman–Crippen MR) is 87.8 cm³/mol. The number of allylic oxidation sites excluding steroid dienone is 1. The largest absolute Gasteiger partial charge is 0.466 e. The molecular formula is C17H20O6S. The van der Waals surface area contributed by atoms with Gasteiger partial charge in [0.15, 0.2) is 9.84 Å². The zero-order chi connectivity index (χ0) is 17.6. The number of carbonyl (C=O) groups is 2. The molecule has 1 aliphatic heterocycles. The lowest BCUT2D eigenvalue weighted by molar-refractivity contribution is -0.146.